The number of furan rings is 1. The normalized spacial score (nSPS) is 14.7. The van der Waals surface area contributed by atoms with E-state index in [-0.39, 0.29) is 5.41 Å². The minimum atomic E-state index is -0.0250. The Morgan fingerprint density at radius 2 is 1.29 bits per heavy atom. The fourth-order valence-electron chi connectivity index (χ4n) is 8.50. The Morgan fingerprint density at radius 1 is 0.551 bits per heavy atom. The molecule has 2 aromatic heterocycles. The molecule has 0 atom stereocenters. The molecule has 1 spiro atoms. The van der Waals surface area contributed by atoms with Crippen molar-refractivity contribution < 1.29 is 4.42 Å². The van der Waals surface area contributed by atoms with Crippen molar-refractivity contribution in [3.8, 4) is 45.0 Å². The molecule has 6 aromatic carbocycles. The van der Waals surface area contributed by atoms with Crippen molar-refractivity contribution in [3.05, 3.63) is 150 Å². The third kappa shape index (κ3) is 4.36. The van der Waals surface area contributed by atoms with Crippen LogP contribution in [0, 0.1) is 6.57 Å². The molecule has 8 aromatic rings. The van der Waals surface area contributed by atoms with Crippen LogP contribution in [0.25, 0.3) is 82.6 Å². The molecule has 0 aliphatic heterocycles. The third-order valence-electron chi connectivity index (χ3n) is 10.9. The van der Waals surface area contributed by atoms with Crippen molar-refractivity contribution in [2.45, 2.75) is 37.5 Å². The zero-order valence-corrected chi connectivity index (χ0v) is 26.9. The zero-order valence-electron chi connectivity index (χ0n) is 26.9. The Labute approximate surface area is 284 Å². The summed E-state index contributed by atoms with van der Waals surface area (Å²) in [6.45, 7) is 7.68. The predicted molar refractivity (Wildman–Crippen MR) is 199 cm³/mol. The molecule has 2 heterocycles. The maximum atomic E-state index is 7.68. The second kappa shape index (κ2) is 10.7. The molecule has 1 saturated carbocycles. The van der Waals surface area contributed by atoms with E-state index in [1.54, 1.807) is 0 Å². The van der Waals surface area contributed by atoms with Crippen molar-refractivity contribution in [1.29, 1.82) is 0 Å². The highest BCUT2D eigenvalue weighted by Crippen LogP contribution is 2.57. The number of para-hydroxylation sites is 1. The van der Waals surface area contributed by atoms with E-state index in [0.29, 0.717) is 11.5 Å². The first-order valence-corrected chi connectivity index (χ1v) is 17.1. The molecule has 49 heavy (non-hydrogen) atoms. The SMILES string of the molecule is [C-]#[N+]c1ccc2c(c1)-c1ccc(-c3cc(-c4ccc5ccccc5c4)nc(-c4ccc5c(c4)oc4ccccc45)n3)cc1C21CCCCC1. The number of hydrogen-bond acceptors (Lipinski definition) is 3. The molecule has 0 amide bonds. The molecule has 4 heteroatoms. The maximum absolute atomic E-state index is 7.68. The van der Waals surface area contributed by atoms with Crippen LogP contribution in [0.2, 0.25) is 0 Å². The smallest absolute Gasteiger partial charge is 0.187 e. The topological polar surface area (TPSA) is 43.3 Å². The average Bonchev–Trinajstić information content (AvgIpc) is 3.66. The summed E-state index contributed by atoms with van der Waals surface area (Å²) in [6, 6.07) is 44.8. The number of benzene rings is 6. The lowest BCUT2D eigenvalue weighted by molar-refractivity contribution is 0.353. The van der Waals surface area contributed by atoms with Crippen LogP contribution in [0.3, 0.4) is 0 Å². The predicted octanol–water partition coefficient (Wildman–Crippen LogP) is 12.3. The quantitative estimate of drug-likeness (QED) is 0.183. The Kier molecular flexibility index (Phi) is 6.14. The molecular formula is C45H31N3O. The summed E-state index contributed by atoms with van der Waals surface area (Å²) in [4.78, 5) is 14.2. The van der Waals surface area contributed by atoms with Gasteiger partial charge in [-0.2, -0.15) is 0 Å². The summed E-state index contributed by atoms with van der Waals surface area (Å²) in [6.07, 6.45) is 5.95. The molecule has 1 fully saturated rings. The van der Waals surface area contributed by atoms with E-state index in [1.807, 2.05) is 24.3 Å². The molecule has 2 aliphatic rings. The van der Waals surface area contributed by atoms with Crippen LogP contribution in [0.15, 0.2) is 132 Å². The number of rotatable bonds is 3. The van der Waals surface area contributed by atoms with Crippen LogP contribution in [0.1, 0.15) is 43.2 Å². The van der Waals surface area contributed by atoms with Gasteiger partial charge in [0.05, 0.1) is 18.0 Å². The van der Waals surface area contributed by atoms with Crippen molar-refractivity contribution in [1.82, 2.24) is 9.97 Å². The molecule has 0 unspecified atom stereocenters. The minimum absolute atomic E-state index is 0.0250. The molecule has 0 saturated heterocycles. The van der Waals surface area contributed by atoms with Crippen molar-refractivity contribution >= 4 is 38.4 Å². The van der Waals surface area contributed by atoms with Gasteiger partial charge in [-0.3, -0.25) is 0 Å². The van der Waals surface area contributed by atoms with Crippen LogP contribution >= 0.6 is 0 Å². The molecule has 0 N–H and O–H groups in total. The average molecular weight is 630 g/mol. The number of nitrogens with zero attached hydrogens (tertiary/aromatic N) is 3. The van der Waals surface area contributed by atoms with E-state index < -0.39 is 0 Å². The van der Waals surface area contributed by atoms with E-state index in [2.05, 4.69) is 108 Å². The first kappa shape index (κ1) is 28.0. The van der Waals surface area contributed by atoms with E-state index in [9.17, 15) is 0 Å². The van der Waals surface area contributed by atoms with Gasteiger partial charge in [0.25, 0.3) is 0 Å². The van der Waals surface area contributed by atoms with Crippen molar-refractivity contribution in [2.75, 3.05) is 0 Å². The Hall–Kier alpha value is -6.05. The van der Waals surface area contributed by atoms with Gasteiger partial charge in [-0.1, -0.05) is 104 Å². The van der Waals surface area contributed by atoms with Gasteiger partial charge in [-0.05, 0) is 88.3 Å². The summed E-state index contributed by atoms with van der Waals surface area (Å²) in [5, 5.41) is 4.57. The summed E-state index contributed by atoms with van der Waals surface area (Å²) in [7, 11) is 0. The molecule has 0 radical (unpaired) electrons. The van der Waals surface area contributed by atoms with Crippen molar-refractivity contribution in [3.63, 3.8) is 0 Å². The fourth-order valence-corrected chi connectivity index (χ4v) is 8.50. The Morgan fingerprint density at radius 3 is 2.14 bits per heavy atom. The van der Waals surface area contributed by atoms with Crippen molar-refractivity contribution in [2.24, 2.45) is 0 Å². The highest BCUT2D eigenvalue weighted by atomic mass is 16.3. The number of fused-ring (bicyclic) bond motifs is 9. The Balaban J connectivity index is 1.17. The van der Waals surface area contributed by atoms with Gasteiger partial charge < -0.3 is 4.42 Å². The standard InChI is InChI=1S/C45H31N3O/c1-46-33-17-20-38-37(26-33)34-18-15-31(24-39(34)45(38)21-7-2-8-22-45)41-27-40(30-14-13-28-9-3-4-10-29(28)23-30)47-44(48-41)32-16-19-36-35-11-5-6-12-42(35)49-43(36)25-32/h3-6,9-20,23-27H,2,7-8,21-22H2. The van der Waals surface area contributed by atoms with Crippen LogP contribution in [-0.4, -0.2) is 9.97 Å². The maximum Gasteiger partial charge on any atom is 0.187 e. The number of hydrogen-bond donors (Lipinski definition) is 0. The van der Waals surface area contributed by atoms with Gasteiger partial charge in [-0.15, -0.1) is 0 Å². The molecule has 2 aliphatic carbocycles. The van der Waals surface area contributed by atoms with Crippen LogP contribution in [0.5, 0.6) is 0 Å². The van der Waals surface area contributed by atoms with E-state index >= 15 is 0 Å². The number of aromatic nitrogens is 2. The lowest BCUT2D eigenvalue weighted by atomic mass is 9.67. The first-order valence-electron chi connectivity index (χ1n) is 17.1. The van der Waals surface area contributed by atoms with Gasteiger partial charge >= 0.3 is 0 Å². The largest absolute Gasteiger partial charge is 0.456 e. The summed E-state index contributed by atoms with van der Waals surface area (Å²) in [5.41, 5.74) is 12.4. The Bertz CT molecular complexity index is 2670. The lowest BCUT2D eigenvalue weighted by Gasteiger charge is -2.36. The van der Waals surface area contributed by atoms with Crippen LogP contribution in [0.4, 0.5) is 5.69 Å². The van der Waals surface area contributed by atoms with Gasteiger partial charge in [0.1, 0.15) is 11.2 Å². The highest BCUT2D eigenvalue weighted by Gasteiger charge is 2.43. The van der Waals surface area contributed by atoms with Crippen LogP contribution < -0.4 is 0 Å². The lowest BCUT2D eigenvalue weighted by Crippen LogP contribution is -2.28. The third-order valence-corrected chi connectivity index (χ3v) is 10.9. The molecule has 0 bridgehead atoms. The molecular weight excluding hydrogens is 599 g/mol. The second-order valence-corrected chi connectivity index (χ2v) is 13.6. The zero-order chi connectivity index (χ0) is 32.5. The van der Waals surface area contributed by atoms with E-state index in [4.69, 9.17) is 21.0 Å². The molecule has 4 nitrogen and oxygen atoms in total. The summed E-state index contributed by atoms with van der Waals surface area (Å²) >= 11 is 0. The summed E-state index contributed by atoms with van der Waals surface area (Å²) in [5.74, 6) is 0.667. The van der Waals surface area contributed by atoms with Gasteiger partial charge in [0.2, 0.25) is 0 Å². The monoisotopic (exact) mass is 629 g/mol. The highest BCUT2D eigenvalue weighted by molar-refractivity contribution is 6.05. The molecule has 10 rings (SSSR count). The summed E-state index contributed by atoms with van der Waals surface area (Å²) < 4.78 is 6.28. The molecule has 232 valence electrons. The van der Waals surface area contributed by atoms with Crippen LogP contribution in [-0.2, 0) is 5.41 Å². The van der Waals surface area contributed by atoms with Gasteiger partial charge in [0.15, 0.2) is 11.5 Å². The first-order chi connectivity index (χ1) is 24.2. The second-order valence-electron chi connectivity index (χ2n) is 13.6. The van der Waals surface area contributed by atoms with Gasteiger partial charge in [0, 0.05) is 32.9 Å². The van der Waals surface area contributed by atoms with E-state index in [1.165, 1.54) is 52.3 Å². The van der Waals surface area contributed by atoms with E-state index in [0.717, 1.165) is 62.9 Å². The fraction of sp³-hybridized carbons (Fsp3) is 0.133. The van der Waals surface area contributed by atoms with Gasteiger partial charge in [-0.25, -0.2) is 14.8 Å². The minimum Gasteiger partial charge on any atom is -0.456 e.